The molecule has 2 saturated heterocycles. The highest BCUT2D eigenvalue weighted by molar-refractivity contribution is 5.70. The van der Waals surface area contributed by atoms with Crippen LogP contribution in [0.1, 0.15) is 232 Å². The van der Waals surface area contributed by atoms with Crippen molar-refractivity contribution in [1.82, 2.24) is 0 Å². The Kier molecular flexibility index (Phi) is 40.5. The van der Waals surface area contributed by atoms with Gasteiger partial charge in [-0.3, -0.25) is 9.59 Å². The molecule has 0 aromatic rings. The molecule has 0 aromatic heterocycles. The Bertz CT molecular complexity index is 1350. The Morgan fingerprint density at radius 2 is 0.792 bits per heavy atom. The largest absolute Gasteiger partial charge is 0.462 e. The van der Waals surface area contributed by atoms with E-state index in [1.807, 2.05) is 0 Å². The molecule has 4 unspecified atom stereocenters. The van der Waals surface area contributed by atoms with Gasteiger partial charge in [0.25, 0.3) is 0 Å². The Morgan fingerprint density at radius 3 is 1.24 bits per heavy atom. The summed E-state index contributed by atoms with van der Waals surface area (Å²) in [7, 11) is 0. The van der Waals surface area contributed by atoms with E-state index in [-0.39, 0.29) is 26.1 Å². The Labute approximate surface area is 434 Å². The van der Waals surface area contributed by atoms with E-state index in [9.17, 15) is 45.3 Å². The molecule has 0 amide bonds. The summed E-state index contributed by atoms with van der Waals surface area (Å²) in [5, 5.41) is 72.3. The molecular formula is C57H104O15. The molecule has 11 atom stereocenters. The van der Waals surface area contributed by atoms with E-state index in [0.29, 0.717) is 12.8 Å². The molecule has 0 spiro atoms. The lowest BCUT2D eigenvalue weighted by atomic mass is 9.98. The average Bonchev–Trinajstić information content (AvgIpc) is 3.37. The molecular weight excluding hydrogens is 925 g/mol. The first kappa shape index (κ1) is 66.1. The summed E-state index contributed by atoms with van der Waals surface area (Å²) >= 11 is 0. The maximum absolute atomic E-state index is 13.1. The van der Waals surface area contributed by atoms with Crippen LogP contribution in [-0.4, -0.2) is 142 Å². The number of allylic oxidation sites excluding steroid dienone is 4. The molecule has 72 heavy (non-hydrogen) atoms. The molecule has 2 fully saturated rings. The topological polar surface area (TPSA) is 231 Å². The van der Waals surface area contributed by atoms with Gasteiger partial charge in [-0.05, 0) is 64.2 Å². The highest BCUT2D eigenvalue weighted by Crippen LogP contribution is 2.27. The Hall–Kier alpha value is -2.02. The Morgan fingerprint density at radius 1 is 0.431 bits per heavy atom. The summed E-state index contributed by atoms with van der Waals surface area (Å²) in [5.74, 6) is -0.920. The molecule has 2 aliphatic rings. The lowest BCUT2D eigenvalue weighted by Gasteiger charge is -2.42. The van der Waals surface area contributed by atoms with Crippen LogP contribution < -0.4 is 0 Å². The SMILES string of the molecule is CCCCCC/C=C/CCCCCCCCCCCC(=O)O[C@@H](COC(=O)CCCCCCCCCCC/C=C/CCCCCCCC)CO[C@@H]1O[C@H](CO[C@@H]2O[C@H](CO)[C@H](O)C(O)C2O)[C@H](O)C(O)C1O. The van der Waals surface area contributed by atoms with Crippen molar-refractivity contribution in [1.29, 1.82) is 0 Å². The third-order valence-electron chi connectivity index (χ3n) is 13.9. The van der Waals surface area contributed by atoms with Gasteiger partial charge < -0.3 is 64.2 Å². The van der Waals surface area contributed by atoms with Crippen LogP contribution in [0.2, 0.25) is 0 Å². The van der Waals surface area contributed by atoms with Gasteiger partial charge in [0.15, 0.2) is 18.7 Å². The van der Waals surface area contributed by atoms with E-state index < -0.39 is 92.7 Å². The number of rotatable bonds is 46. The molecule has 0 saturated carbocycles. The van der Waals surface area contributed by atoms with Crippen LogP contribution in [-0.2, 0) is 38.0 Å². The van der Waals surface area contributed by atoms with E-state index in [0.717, 1.165) is 44.9 Å². The van der Waals surface area contributed by atoms with Gasteiger partial charge >= 0.3 is 11.9 Å². The van der Waals surface area contributed by atoms with Crippen molar-refractivity contribution in [2.45, 2.75) is 300 Å². The molecule has 0 bridgehead atoms. The molecule has 2 aliphatic heterocycles. The second kappa shape index (κ2) is 44.1. The minimum absolute atomic E-state index is 0.165. The van der Waals surface area contributed by atoms with Crippen LogP contribution in [0, 0.1) is 0 Å². The van der Waals surface area contributed by atoms with Crippen molar-refractivity contribution in [2.24, 2.45) is 0 Å². The van der Waals surface area contributed by atoms with Crippen molar-refractivity contribution < 1.29 is 73.8 Å². The predicted molar refractivity (Wildman–Crippen MR) is 280 cm³/mol. The maximum atomic E-state index is 13.1. The standard InChI is InChI=1S/C57H104O15/c1-3-5-7-9-11-13-15-17-19-21-22-24-25-27-29-31-33-35-37-39-48(59)67-42-45(70-49(60)40-38-36-34-32-30-28-26-23-20-18-16-14-12-10-8-6-4-2)43-68-56-55(66)53(64)51(62)47(72-56)44-69-57-54(65)52(63)50(61)46(41-58)71-57/h14,16-17,19,45-47,50-58,61-66H,3-13,15,18,20-44H2,1-2H3/b16-14+,19-17+/t45-,46+,47+,50-,51-,52?,53?,54?,55?,56+,57+/m0/s1. The van der Waals surface area contributed by atoms with Gasteiger partial charge in [-0.15, -0.1) is 0 Å². The molecule has 0 aromatic carbocycles. The van der Waals surface area contributed by atoms with Crippen LogP contribution in [0.25, 0.3) is 0 Å². The fraction of sp³-hybridized carbons (Fsp3) is 0.895. The minimum Gasteiger partial charge on any atom is -0.462 e. The zero-order valence-electron chi connectivity index (χ0n) is 44.9. The summed E-state index contributed by atoms with van der Waals surface area (Å²) in [6.07, 6.45) is 30.5. The number of carbonyl (C=O) groups is 2. The van der Waals surface area contributed by atoms with E-state index in [4.69, 9.17) is 28.4 Å². The molecule has 422 valence electrons. The number of ether oxygens (including phenoxy) is 6. The van der Waals surface area contributed by atoms with Crippen molar-refractivity contribution in [2.75, 3.05) is 26.4 Å². The molecule has 2 rings (SSSR count). The highest BCUT2D eigenvalue weighted by Gasteiger charge is 2.47. The first-order valence-electron chi connectivity index (χ1n) is 28.9. The third-order valence-corrected chi connectivity index (χ3v) is 13.9. The van der Waals surface area contributed by atoms with Crippen molar-refractivity contribution in [3.63, 3.8) is 0 Å². The van der Waals surface area contributed by atoms with Gasteiger partial charge in [0.1, 0.15) is 55.4 Å². The maximum Gasteiger partial charge on any atom is 0.306 e. The van der Waals surface area contributed by atoms with Gasteiger partial charge in [0.05, 0.1) is 19.8 Å². The molecule has 2 heterocycles. The van der Waals surface area contributed by atoms with Crippen LogP contribution in [0.5, 0.6) is 0 Å². The fourth-order valence-electron chi connectivity index (χ4n) is 9.15. The summed E-state index contributed by atoms with van der Waals surface area (Å²) < 4.78 is 33.7. The molecule has 15 nitrogen and oxygen atoms in total. The zero-order valence-corrected chi connectivity index (χ0v) is 44.9. The summed E-state index contributed by atoms with van der Waals surface area (Å²) in [6, 6.07) is 0. The summed E-state index contributed by atoms with van der Waals surface area (Å²) in [6.45, 7) is 2.61. The van der Waals surface area contributed by atoms with E-state index >= 15 is 0 Å². The number of aliphatic hydroxyl groups is 7. The average molecular weight is 1030 g/mol. The monoisotopic (exact) mass is 1030 g/mol. The number of aliphatic hydroxyl groups excluding tert-OH is 7. The van der Waals surface area contributed by atoms with Crippen LogP contribution in [0.3, 0.4) is 0 Å². The molecule has 0 radical (unpaired) electrons. The van der Waals surface area contributed by atoms with Gasteiger partial charge in [0.2, 0.25) is 0 Å². The zero-order chi connectivity index (χ0) is 52.4. The molecule has 15 heteroatoms. The number of esters is 2. The second-order valence-electron chi connectivity index (χ2n) is 20.5. The first-order chi connectivity index (χ1) is 35.0. The fourth-order valence-corrected chi connectivity index (χ4v) is 9.15. The quantitative estimate of drug-likeness (QED) is 0.0171. The minimum atomic E-state index is -1.76. The number of unbranched alkanes of at least 4 members (excludes halogenated alkanes) is 28. The first-order valence-corrected chi connectivity index (χ1v) is 28.9. The lowest BCUT2D eigenvalue weighted by Crippen LogP contribution is -2.61. The van der Waals surface area contributed by atoms with E-state index in [1.54, 1.807) is 0 Å². The van der Waals surface area contributed by atoms with Crippen LogP contribution >= 0.6 is 0 Å². The highest BCUT2D eigenvalue weighted by atomic mass is 16.7. The van der Waals surface area contributed by atoms with Crippen molar-refractivity contribution in [3.05, 3.63) is 24.3 Å². The van der Waals surface area contributed by atoms with E-state index in [2.05, 4.69) is 38.2 Å². The second-order valence-corrected chi connectivity index (χ2v) is 20.5. The van der Waals surface area contributed by atoms with E-state index in [1.165, 1.54) is 148 Å². The van der Waals surface area contributed by atoms with Gasteiger partial charge in [-0.25, -0.2) is 0 Å². The smallest absolute Gasteiger partial charge is 0.306 e. The third kappa shape index (κ3) is 31.1. The van der Waals surface area contributed by atoms with Gasteiger partial charge in [-0.1, -0.05) is 179 Å². The number of carbonyl (C=O) groups excluding carboxylic acids is 2. The normalized spacial score (nSPS) is 25.1. The predicted octanol–water partition coefficient (Wildman–Crippen LogP) is 9.50. The van der Waals surface area contributed by atoms with Gasteiger partial charge in [0, 0.05) is 12.8 Å². The summed E-state index contributed by atoms with van der Waals surface area (Å²) in [4.78, 5) is 25.9. The molecule has 0 aliphatic carbocycles. The summed E-state index contributed by atoms with van der Waals surface area (Å²) in [5.41, 5.74) is 0. The number of hydrogen-bond donors (Lipinski definition) is 7. The van der Waals surface area contributed by atoms with Crippen LogP contribution in [0.4, 0.5) is 0 Å². The van der Waals surface area contributed by atoms with Gasteiger partial charge in [-0.2, -0.15) is 0 Å². The number of hydrogen-bond acceptors (Lipinski definition) is 15. The Balaban J connectivity index is 1.76. The lowest BCUT2D eigenvalue weighted by molar-refractivity contribution is -0.332. The molecule has 7 N–H and O–H groups in total. The van der Waals surface area contributed by atoms with Crippen molar-refractivity contribution in [3.8, 4) is 0 Å². The van der Waals surface area contributed by atoms with Crippen LogP contribution in [0.15, 0.2) is 24.3 Å². The van der Waals surface area contributed by atoms with Crippen molar-refractivity contribution >= 4 is 11.9 Å².